The van der Waals surface area contributed by atoms with E-state index in [1.165, 1.54) is 25.9 Å². The second-order valence-corrected chi connectivity index (χ2v) is 9.96. The van der Waals surface area contributed by atoms with Gasteiger partial charge in [0.25, 0.3) is 0 Å². The summed E-state index contributed by atoms with van der Waals surface area (Å²) in [5.41, 5.74) is 2.76. The van der Waals surface area contributed by atoms with Gasteiger partial charge >= 0.3 is 0 Å². The second kappa shape index (κ2) is 10.9. The molecule has 0 atom stereocenters. The van der Waals surface area contributed by atoms with Crippen molar-refractivity contribution >= 4 is 16.6 Å². The molecule has 2 fully saturated rings. The van der Waals surface area contributed by atoms with Crippen molar-refractivity contribution in [1.82, 2.24) is 14.8 Å². The van der Waals surface area contributed by atoms with Gasteiger partial charge in [0.15, 0.2) is 17.3 Å². The third-order valence-electron chi connectivity index (χ3n) is 7.24. The maximum absolute atomic E-state index is 6.21. The third-order valence-corrected chi connectivity index (χ3v) is 7.24. The van der Waals surface area contributed by atoms with E-state index in [0.717, 1.165) is 84.2 Å². The third kappa shape index (κ3) is 5.73. The minimum atomic E-state index is 0.426. The number of nitrogens with one attached hydrogen (secondary N) is 1. The van der Waals surface area contributed by atoms with Crippen molar-refractivity contribution in [3.8, 4) is 23.0 Å². The second-order valence-electron chi connectivity index (χ2n) is 9.96. The molecule has 1 N–H and O–H groups in total. The predicted octanol–water partition coefficient (Wildman–Crippen LogP) is 5.18. The van der Waals surface area contributed by atoms with Crippen LogP contribution >= 0.6 is 0 Å². The van der Waals surface area contributed by atoms with Crippen LogP contribution in [0.1, 0.15) is 37.9 Å². The van der Waals surface area contributed by atoms with Crippen LogP contribution in [0.5, 0.6) is 11.5 Å². The molecule has 4 heterocycles. The van der Waals surface area contributed by atoms with Crippen LogP contribution < -0.4 is 14.8 Å². The van der Waals surface area contributed by atoms with Gasteiger partial charge in [-0.05, 0) is 96.5 Å². The summed E-state index contributed by atoms with van der Waals surface area (Å²) >= 11 is 0. The van der Waals surface area contributed by atoms with Crippen LogP contribution in [-0.4, -0.2) is 74.3 Å². The van der Waals surface area contributed by atoms with Crippen molar-refractivity contribution in [2.75, 3.05) is 58.8 Å². The van der Waals surface area contributed by atoms with Crippen molar-refractivity contribution in [1.29, 1.82) is 0 Å². The molecule has 0 aliphatic carbocycles. The molecular weight excluding hydrogens is 440 g/mol. The van der Waals surface area contributed by atoms with E-state index in [1.807, 2.05) is 25.1 Å². The van der Waals surface area contributed by atoms with E-state index >= 15 is 0 Å². The van der Waals surface area contributed by atoms with Crippen LogP contribution in [-0.2, 0) is 0 Å². The molecule has 0 unspecified atom stereocenters. The number of ether oxygens (including phenoxy) is 2. The van der Waals surface area contributed by atoms with Crippen LogP contribution in [0.3, 0.4) is 0 Å². The highest BCUT2D eigenvalue weighted by Gasteiger charge is 2.20. The van der Waals surface area contributed by atoms with Crippen LogP contribution in [0, 0.1) is 6.92 Å². The zero-order valence-electron chi connectivity index (χ0n) is 21.3. The van der Waals surface area contributed by atoms with Crippen molar-refractivity contribution in [2.45, 2.75) is 45.1 Å². The number of benzene rings is 1. The molecule has 0 saturated carbocycles. The number of aryl methyl sites for hydroxylation is 1. The average molecular weight is 479 g/mol. The lowest BCUT2D eigenvalue weighted by Crippen LogP contribution is -2.36. The number of fused-ring (bicyclic) bond motifs is 1. The van der Waals surface area contributed by atoms with E-state index in [1.54, 1.807) is 7.11 Å². The highest BCUT2D eigenvalue weighted by Crippen LogP contribution is 2.38. The molecule has 0 spiro atoms. The van der Waals surface area contributed by atoms with E-state index in [2.05, 4.69) is 34.3 Å². The topological polar surface area (TPSA) is 63.0 Å². The van der Waals surface area contributed by atoms with Crippen molar-refractivity contribution in [2.24, 2.45) is 0 Å². The minimum absolute atomic E-state index is 0.426. The maximum Gasteiger partial charge on any atom is 0.163 e. The Morgan fingerprint density at radius 3 is 2.57 bits per heavy atom. The van der Waals surface area contributed by atoms with E-state index in [-0.39, 0.29) is 0 Å². The monoisotopic (exact) mass is 478 g/mol. The molecule has 2 aliphatic heterocycles. The summed E-state index contributed by atoms with van der Waals surface area (Å²) < 4.78 is 17.9. The molecule has 5 rings (SSSR count). The summed E-state index contributed by atoms with van der Waals surface area (Å²) in [7, 11) is 3.89. The van der Waals surface area contributed by atoms with Gasteiger partial charge in [-0.1, -0.05) is 0 Å². The number of furan rings is 1. The first-order valence-electron chi connectivity index (χ1n) is 13.0. The molecule has 3 aromatic rings. The molecule has 2 aromatic heterocycles. The van der Waals surface area contributed by atoms with Gasteiger partial charge in [-0.2, -0.15) is 0 Å². The molecule has 2 aliphatic rings. The first-order valence-corrected chi connectivity index (χ1v) is 13.0. The van der Waals surface area contributed by atoms with Gasteiger partial charge in [0.05, 0.1) is 19.2 Å². The van der Waals surface area contributed by atoms with Gasteiger partial charge in [0, 0.05) is 29.7 Å². The molecule has 7 nitrogen and oxygen atoms in total. The van der Waals surface area contributed by atoms with E-state index in [0.29, 0.717) is 12.6 Å². The smallest absolute Gasteiger partial charge is 0.163 e. The van der Waals surface area contributed by atoms with Crippen molar-refractivity contribution in [3.05, 3.63) is 36.1 Å². The molecule has 7 heteroatoms. The Bertz CT molecular complexity index is 1130. The molecule has 0 amide bonds. The first kappa shape index (κ1) is 23.9. The summed E-state index contributed by atoms with van der Waals surface area (Å²) in [5, 5.41) is 4.84. The number of nitrogens with zero attached hydrogens (tertiary/aromatic N) is 3. The van der Waals surface area contributed by atoms with Gasteiger partial charge in [-0.3, -0.25) is 0 Å². The summed E-state index contributed by atoms with van der Waals surface area (Å²) in [4.78, 5) is 9.87. The predicted molar refractivity (Wildman–Crippen MR) is 141 cm³/mol. The van der Waals surface area contributed by atoms with E-state index in [9.17, 15) is 0 Å². The molecular formula is C28H38N4O3. The van der Waals surface area contributed by atoms with Gasteiger partial charge in [-0.25, -0.2) is 4.98 Å². The summed E-state index contributed by atoms with van der Waals surface area (Å²) in [5.74, 6) is 3.14. The molecule has 0 bridgehead atoms. The highest BCUT2D eigenvalue weighted by atomic mass is 16.5. The average Bonchev–Trinajstić information content (AvgIpc) is 3.54. The molecule has 188 valence electrons. The lowest BCUT2D eigenvalue weighted by atomic mass is 10.0. The van der Waals surface area contributed by atoms with Crippen LogP contribution in [0.25, 0.3) is 22.4 Å². The number of aromatic nitrogens is 1. The maximum atomic E-state index is 6.21. The van der Waals surface area contributed by atoms with Crippen LogP contribution in [0.2, 0.25) is 0 Å². The Morgan fingerprint density at radius 1 is 1.06 bits per heavy atom. The van der Waals surface area contributed by atoms with Crippen molar-refractivity contribution < 1.29 is 13.9 Å². The lowest BCUT2D eigenvalue weighted by molar-refractivity contribution is 0.254. The largest absolute Gasteiger partial charge is 0.493 e. The summed E-state index contributed by atoms with van der Waals surface area (Å²) in [6.45, 7) is 8.34. The fourth-order valence-corrected chi connectivity index (χ4v) is 5.17. The van der Waals surface area contributed by atoms with Crippen molar-refractivity contribution in [3.63, 3.8) is 0 Å². The number of rotatable bonds is 9. The fraction of sp³-hybridized carbons (Fsp3) is 0.536. The Labute approximate surface area is 208 Å². The number of hydrogen-bond donors (Lipinski definition) is 1. The Balaban J connectivity index is 1.43. The van der Waals surface area contributed by atoms with Gasteiger partial charge in [0.2, 0.25) is 0 Å². The Kier molecular flexibility index (Phi) is 7.44. The van der Waals surface area contributed by atoms with Gasteiger partial charge in [0.1, 0.15) is 11.5 Å². The number of likely N-dealkylation sites (tertiary alicyclic amines) is 2. The molecule has 2 saturated heterocycles. The highest BCUT2D eigenvalue weighted by molar-refractivity contribution is 5.95. The minimum Gasteiger partial charge on any atom is -0.493 e. The standard InChI is InChI=1S/C28H38N4O3/c1-20-7-8-26(35-20)25-18-23(29-21-9-14-31(2)15-10-21)22-17-27(33-3)28(19-24(22)30-25)34-16-6-13-32-11-4-5-12-32/h7-8,17-19,21H,4-6,9-16H2,1-3H3,(H,29,30). The molecule has 0 radical (unpaired) electrons. The normalized spacial score (nSPS) is 17.8. The number of methoxy groups -OCH3 is 1. The molecule has 35 heavy (non-hydrogen) atoms. The van der Waals surface area contributed by atoms with E-state index in [4.69, 9.17) is 18.9 Å². The van der Waals surface area contributed by atoms with Gasteiger partial charge in [-0.15, -0.1) is 0 Å². The van der Waals surface area contributed by atoms with Crippen LogP contribution in [0.15, 0.2) is 34.7 Å². The van der Waals surface area contributed by atoms with Crippen LogP contribution in [0.4, 0.5) is 5.69 Å². The number of hydrogen-bond acceptors (Lipinski definition) is 7. The lowest BCUT2D eigenvalue weighted by Gasteiger charge is -2.30. The first-order chi connectivity index (χ1) is 17.1. The van der Waals surface area contributed by atoms with Gasteiger partial charge < -0.3 is 29.0 Å². The Hall–Kier alpha value is -2.77. The number of anilines is 1. The number of piperidine rings is 1. The SMILES string of the molecule is COc1cc2c(NC3CCN(C)CC3)cc(-c3ccc(C)o3)nc2cc1OCCCN1CCCC1. The van der Waals surface area contributed by atoms with E-state index < -0.39 is 0 Å². The fourth-order valence-electron chi connectivity index (χ4n) is 5.17. The quantitative estimate of drug-likeness (QED) is 0.425. The Morgan fingerprint density at radius 2 is 1.86 bits per heavy atom. The summed E-state index contributed by atoms with van der Waals surface area (Å²) in [6, 6.07) is 10.6. The molecule has 1 aromatic carbocycles. The zero-order chi connectivity index (χ0) is 24.2. The summed E-state index contributed by atoms with van der Waals surface area (Å²) in [6.07, 6.45) is 5.87. The zero-order valence-corrected chi connectivity index (χ0v) is 21.3. The number of pyridine rings is 1.